The normalized spacial score (nSPS) is 11.6. The SMILES string of the molecule is Cc1ccc([N+](=O)[O-])cc1NC(=O)C(C)Sc1cccc(NC(=O)c2ccc3ccccc3c2)c1. The van der Waals surface area contributed by atoms with Crippen LogP contribution in [0.4, 0.5) is 17.1 Å². The lowest BCUT2D eigenvalue weighted by Gasteiger charge is -2.14. The molecule has 0 spiro atoms. The molecule has 0 aliphatic heterocycles. The minimum atomic E-state index is -0.495. The van der Waals surface area contributed by atoms with Crippen molar-refractivity contribution < 1.29 is 14.5 Å². The molecule has 4 aromatic carbocycles. The average Bonchev–Trinajstić information content (AvgIpc) is 2.85. The Balaban J connectivity index is 1.42. The fourth-order valence-corrected chi connectivity index (χ4v) is 4.46. The number of aryl methyl sites for hydroxylation is 1. The second-order valence-corrected chi connectivity index (χ2v) is 9.46. The van der Waals surface area contributed by atoms with Gasteiger partial charge in [0.1, 0.15) is 0 Å². The Bertz CT molecular complexity index is 1440. The quantitative estimate of drug-likeness (QED) is 0.178. The second-order valence-electron chi connectivity index (χ2n) is 8.05. The van der Waals surface area contributed by atoms with E-state index in [1.165, 1.54) is 23.9 Å². The summed E-state index contributed by atoms with van der Waals surface area (Å²) in [5.41, 5.74) is 2.24. The van der Waals surface area contributed by atoms with Gasteiger partial charge in [0, 0.05) is 28.3 Å². The molecule has 0 aromatic heterocycles. The van der Waals surface area contributed by atoms with E-state index in [9.17, 15) is 19.7 Å². The summed E-state index contributed by atoms with van der Waals surface area (Å²) in [4.78, 5) is 36.9. The second kappa shape index (κ2) is 10.4. The molecule has 7 nitrogen and oxygen atoms in total. The topological polar surface area (TPSA) is 101 Å². The molecule has 2 N–H and O–H groups in total. The summed E-state index contributed by atoms with van der Waals surface area (Å²) in [5.74, 6) is -0.492. The van der Waals surface area contributed by atoms with E-state index >= 15 is 0 Å². The maximum atomic E-state index is 12.8. The molecule has 1 unspecified atom stereocenters. The molecule has 0 heterocycles. The Hall–Kier alpha value is -4.17. The molecular weight excluding hydrogens is 462 g/mol. The molecule has 0 radical (unpaired) electrons. The molecule has 2 amide bonds. The molecule has 35 heavy (non-hydrogen) atoms. The molecule has 0 saturated carbocycles. The number of amides is 2. The van der Waals surface area contributed by atoms with Gasteiger partial charge in [0.2, 0.25) is 5.91 Å². The van der Waals surface area contributed by atoms with Crippen LogP contribution in [0.2, 0.25) is 0 Å². The lowest BCUT2D eigenvalue weighted by Crippen LogP contribution is -2.22. The summed E-state index contributed by atoms with van der Waals surface area (Å²) in [6, 6.07) is 25.0. The molecule has 0 fully saturated rings. The highest BCUT2D eigenvalue weighted by Crippen LogP contribution is 2.28. The van der Waals surface area contributed by atoms with E-state index in [0.717, 1.165) is 21.2 Å². The zero-order valence-corrected chi connectivity index (χ0v) is 20.0. The van der Waals surface area contributed by atoms with Gasteiger partial charge in [-0.3, -0.25) is 19.7 Å². The predicted octanol–water partition coefficient (Wildman–Crippen LogP) is 6.43. The van der Waals surface area contributed by atoms with Crippen molar-refractivity contribution in [1.29, 1.82) is 0 Å². The lowest BCUT2D eigenvalue weighted by atomic mass is 10.1. The molecule has 1 atom stereocenters. The number of nitrogens with zero attached hydrogens (tertiary/aromatic N) is 1. The third-order valence-electron chi connectivity index (χ3n) is 5.48. The molecule has 0 aliphatic rings. The summed E-state index contributed by atoms with van der Waals surface area (Å²) in [6.07, 6.45) is 0. The first-order valence-corrected chi connectivity index (χ1v) is 11.8. The van der Waals surface area contributed by atoms with Crippen LogP contribution in [0.15, 0.2) is 89.8 Å². The van der Waals surface area contributed by atoms with E-state index in [1.807, 2.05) is 54.6 Å². The smallest absolute Gasteiger partial charge is 0.271 e. The number of carbonyl (C=O) groups excluding carboxylic acids is 2. The first-order valence-electron chi connectivity index (χ1n) is 10.9. The summed E-state index contributed by atoms with van der Waals surface area (Å²) in [6.45, 7) is 3.53. The average molecular weight is 486 g/mol. The first-order chi connectivity index (χ1) is 16.8. The molecule has 8 heteroatoms. The molecule has 176 valence electrons. The van der Waals surface area contributed by atoms with E-state index in [2.05, 4.69) is 10.6 Å². The third kappa shape index (κ3) is 5.85. The number of hydrogen-bond donors (Lipinski definition) is 2. The van der Waals surface area contributed by atoms with E-state index in [0.29, 0.717) is 16.9 Å². The fourth-order valence-electron chi connectivity index (χ4n) is 3.53. The highest BCUT2D eigenvalue weighted by atomic mass is 32.2. The number of nitro groups is 1. The Morgan fingerprint density at radius 1 is 0.886 bits per heavy atom. The van der Waals surface area contributed by atoms with Gasteiger partial charge in [-0.05, 0) is 60.5 Å². The van der Waals surface area contributed by atoms with E-state index < -0.39 is 10.2 Å². The number of carbonyl (C=O) groups is 2. The Morgan fingerprint density at radius 2 is 1.66 bits per heavy atom. The van der Waals surface area contributed by atoms with Crippen molar-refractivity contribution in [3.05, 3.63) is 106 Å². The van der Waals surface area contributed by atoms with Crippen molar-refractivity contribution in [1.82, 2.24) is 0 Å². The molecule has 0 saturated heterocycles. The summed E-state index contributed by atoms with van der Waals surface area (Å²) < 4.78 is 0. The van der Waals surface area contributed by atoms with E-state index in [4.69, 9.17) is 0 Å². The van der Waals surface area contributed by atoms with Crippen molar-refractivity contribution in [3.8, 4) is 0 Å². The number of thioether (sulfide) groups is 1. The number of fused-ring (bicyclic) bond motifs is 1. The van der Waals surface area contributed by atoms with Crippen LogP contribution in [-0.2, 0) is 4.79 Å². The summed E-state index contributed by atoms with van der Waals surface area (Å²) >= 11 is 1.33. The third-order valence-corrected chi connectivity index (χ3v) is 6.57. The molecule has 0 aliphatic carbocycles. The van der Waals surface area contributed by atoms with Crippen molar-refractivity contribution in [2.24, 2.45) is 0 Å². The van der Waals surface area contributed by atoms with Gasteiger partial charge >= 0.3 is 0 Å². The van der Waals surface area contributed by atoms with Crippen molar-refractivity contribution in [2.45, 2.75) is 24.0 Å². The van der Waals surface area contributed by atoms with E-state index in [-0.39, 0.29) is 17.5 Å². The highest BCUT2D eigenvalue weighted by molar-refractivity contribution is 8.00. The number of nitrogens with one attached hydrogen (secondary N) is 2. The number of nitro benzene ring substituents is 1. The van der Waals surface area contributed by atoms with Crippen LogP contribution in [-0.4, -0.2) is 22.0 Å². The largest absolute Gasteiger partial charge is 0.325 e. The van der Waals surface area contributed by atoms with E-state index in [1.54, 1.807) is 32.0 Å². The number of benzene rings is 4. The summed E-state index contributed by atoms with van der Waals surface area (Å²) in [7, 11) is 0. The van der Waals surface area contributed by atoms with Gasteiger partial charge < -0.3 is 10.6 Å². The van der Waals surface area contributed by atoms with Gasteiger partial charge in [-0.2, -0.15) is 0 Å². The Labute approximate surface area is 206 Å². The number of rotatable bonds is 7. The lowest BCUT2D eigenvalue weighted by molar-refractivity contribution is -0.384. The maximum Gasteiger partial charge on any atom is 0.271 e. The zero-order valence-electron chi connectivity index (χ0n) is 19.1. The highest BCUT2D eigenvalue weighted by Gasteiger charge is 2.18. The molecule has 4 aromatic rings. The van der Waals surface area contributed by atoms with Crippen molar-refractivity contribution in [3.63, 3.8) is 0 Å². The molecule has 4 rings (SSSR count). The van der Waals surface area contributed by atoms with Gasteiger partial charge in [-0.25, -0.2) is 0 Å². The van der Waals surface area contributed by atoms with Crippen LogP contribution in [0.25, 0.3) is 10.8 Å². The van der Waals surface area contributed by atoms with Crippen molar-refractivity contribution >= 4 is 51.4 Å². The number of non-ortho nitro benzene ring substituents is 1. The Kier molecular flexibility index (Phi) is 7.12. The van der Waals surface area contributed by atoms with Crippen LogP contribution < -0.4 is 10.6 Å². The standard InChI is InChI=1S/C27H23N3O4S/c1-17-10-13-23(30(33)34)16-25(17)29-26(31)18(2)35-24-9-5-8-22(15-24)28-27(32)21-12-11-19-6-3-4-7-20(19)14-21/h3-16,18H,1-2H3,(H,28,32)(H,29,31). The Morgan fingerprint density at radius 3 is 2.43 bits per heavy atom. The molecular formula is C27H23N3O4S. The fraction of sp³-hybridized carbons (Fsp3) is 0.111. The number of hydrogen-bond acceptors (Lipinski definition) is 5. The van der Waals surface area contributed by atoms with Crippen molar-refractivity contribution in [2.75, 3.05) is 10.6 Å². The van der Waals surface area contributed by atoms with Gasteiger partial charge in [-0.1, -0.05) is 42.5 Å². The number of anilines is 2. The molecule has 0 bridgehead atoms. The minimum absolute atomic E-state index is 0.0823. The van der Waals surface area contributed by atoms with Gasteiger partial charge in [0.15, 0.2) is 0 Å². The zero-order chi connectivity index (χ0) is 24.9. The van der Waals surface area contributed by atoms with Gasteiger partial charge in [0.05, 0.1) is 15.9 Å². The van der Waals surface area contributed by atoms with Gasteiger partial charge in [-0.15, -0.1) is 11.8 Å². The van der Waals surface area contributed by atoms with Crippen LogP contribution >= 0.6 is 11.8 Å². The monoisotopic (exact) mass is 485 g/mol. The van der Waals surface area contributed by atoms with Gasteiger partial charge in [0.25, 0.3) is 11.6 Å². The first kappa shape index (κ1) is 24.0. The summed E-state index contributed by atoms with van der Waals surface area (Å²) in [5, 5.41) is 18.3. The van der Waals surface area contributed by atoms with Crippen LogP contribution in [0.5, 0.6) is 0 Å². The van der Waals surface area contributed by atoms with Crippen LogP contribution in [0.1, 0.15) is 22.8 Å². The predicted molar refractivity (Wildman–Crippen MR) is 140 cm³/mol. The van der Waals surface area contributed by atoms with Crippen LogP contribution in [0.3, 0.4) is 0 Å². The maximum absolute atomic E-state index is 12.8. The minimum Gasteiger partial charge on any atom is -0.325 e. The van der Waals surface area contributed by atoms with Crippen LogP contribution in [0, 0.1) is 17.0 Å².